The van der Waals surface area contributed by atoms with E-state index in [2.05, 4.69) is 10.5 Å². The van der Waals surface area contributed by atoms with Gasteiger partial charge in [-0.05, 0) is 31.7 Å². The lowest BCUT2D eigenvalue weighted by Crippen LogP contribution is -2.21. The summed E-state index contributed by atoms with van der Waals surface area (Å²) in [5.74, 6) is -0.103. The van der Waals surface area contributed by atoms with E-state index in [9.17, 15) is 9.59 Å². The SMILES string of the molecule is Cc1noc(C)c1CCC(=O)OCC(=O)Nc1cccc2ccccc12. The normalized spacial score (nSPS) is 10.7. The summed E-state index contributed by atoms with van der Waals surface area (Å²) in [6.45, 7) is 3.32. The predicted octanol–water partition coefficient (Wildman–Crippen LogP) is 3.56. The molecular weight excluding hydrogens is 332 g/mol. The van der Waals surface area contributed by atoms with Gasteiger partial charge in [0.05, 0.1) is 5.69 Å². The molecule has 0 unspecified atom stereocenters. The number of amides is 1. The number of anilines is 1. The standard InChI is InChI=1S/C20H20N2O4/c1-13-16(14(2)26-22-13)10-11-20(24)25-12-19(23)21-18-9-5-7-15-6-3-4-8-17(15)18/h3-9H,10-12H2,1-2H3,(H,21,23). The summed E-state index contributed by atoms with van der Waals surface area (Å²) in [6, 6.07) is 13.4. The largest absolute Gasteiger partial charge is 0.456 e. The molecule has 0 aliphatic heterocycles. The van der Waals surface area contributed by atoms with Crippen molar-refractivity contribution >= 4 is 28.3 Å². The Morgan fingerprint density at radius 3 is 2.65 bits per heavy atom. The molecule has 3 rings (SSSR count). The maximum atomic E-state index is 12.1. The molecule has 0 radical (unpaired) electrons. The van der Waals surface area contributed by atoms with Gasteiger partial charge in [0.25, 0.3) is 5.91 Å². The van der Waals surface area contributed by atoms with E-state index in [1.54, 1.807) is 6.92 Å². The van der Waals surface area contributed by atoms with Gasteiger partial charge in [-0.25, -0.2) is 0 Å². The summed E-state index contributed by atoms with van der Waals surface area (Å²) in [7, 11) is 0. The number of esters is 1. The van der Waals surface area contributed by atoms with Gasteiger partial charge in [-0.3, -0.25) is 9.59 Å². The predicted molar refractivity (Wildman–Crippen MR) is 97.8 cm³/mol. The lowest BCUT2D eigenvalue weighted by atomic mass is 10.1. The second kappa shape index (κ2) is 7.82. The van der Waals surface area contributed by atoms with Crippen molar-refractivity contribution in [3.63, 3.8) is 0 Å². The summed E-state index contributed by atoms with van der Waals surface area (Å²) >= 11 is 0. The van der Waals surface area contributed by atoms with Crippen LogP contribution in [0.1, 0.15) is 23.4 Å². The van der Waals surface area contributed by atoms with Crippen molar-refractivity contribution in [3.8, 4) is 0 Å². The van der Waals surface area contributed by atoms with Crippen molar-refractivity contribution in [3.05, 3.63) is 59.5 Å². The van der Waals surface area contributed by atoms with Gasteiger partial charge in [0.15, 0.2) is 6.61 Å². The lowest BCUT2D eigenvalue weighted by molar-refractivity contribution is -0.147. The maximum absolute atomic E-state index is 12.1. The fourth-order valence-corrected chi connectivity index (χ4v) is 2.82. The molecule has 0 spiro atoms. The first kappa shape index (κ1) is 17.7. The molecule has 0 saturated carbocycles. The molecule has 6 nitrogen and oxygen atoms in total. The number of nitrogens with one attached hydrogen (secondary N) is 1. The number of aryl methyl sites for hydroxylation is 2. The smallest absolute Gasteiger partial charge is 0.306 e. The number of fused-ring (bicyclic) bond motifs is 1. The summed E-state index contributed by atoms with van der Waals surface area (Å²) in [4.78, 5) is 24.0. The van der Waals surface area contributed by atoms with Gasteiger partial charge in [0.2, 0.25) is 0 Å². The van der Waals surface area contributed by atoms with Crippen molar-refractivity contribution in [1.82, 2.24) is 5.16 Å². The van der Waals surface area contributed by atoms with Gasteiger partial charge in [-0.1, -0.05) is 41.6 Å². The Morgan fingerprint density at radius 1 is 1.12 bits per heavy atom. The molecule has 0 saturated heterocycles. The first-order valence-electron chi connectivity index (χ1n) is 8.39. The Balaban J connectivity index is 1.51. The third-order valence-corrected chi connectivity index (χ3v) is 4.19. The molecule has 3 aromatic rings. The summed E-state index contributed by atoms with van der Waals surface area (Å²) in [5, 5.41) is 8.60. The van der Waals surface area contributed by atoms with Gasteiger partial charge in [0.1, 0.15) is 5.76 Å². The van der Waals surface area contributed by atoms with Crippen LogP contribution < -0.4 is 5.32 Å². The van der Waals surface area contributed by atoms with Crippen LogP contribution in [0.4, 0.5) is 5.69 Å². The van der Waals surface area contributed by atoms with Gasteiger partial charge >= 0.3 is 5.97 Å². The molecule has 6 heteroatoms. The zero-order valence-corrected chi connectivity index (χ0v) is 14.7. The zero-order valence-electron chi connectivity index (χ0n) is 14.7. The first-order chi connectivity index (χ1) is 12.5. The minimum atomic E-state index is -0.432. The number of carbonyl (C=O) groups is 2. The Bertz CT molecular complexity index is 921. The van der Waals surface area contributed by atoms with E-state index >= 15 is 0 Å². The Hall–Kier alpha value is -3.15. The molecule has 1 heterocycles. The van der Waals surface area contributed by atoms with Gasteiger partial charge in [-0.15, -0.1) is 0 Å². The molecule has 134 valence electrons. The van der Waals surface area contributed by atoms with Crippen LogP contribution in [-0.4, -0.2) is 23.6 Å². The van der Waals surface area contributed by atoms with E-state index in [0.29, 0.717) is 17.9 Å². The van der Waals surface area contributed by atoms with E-state index in [1.807, 2.05) is 49.4 Å². The van der Waals surface area contributed by atoms with Crippen LogP contribution in [0.2, 0.25) is 0 Å². The average Bonchev–Trinajstić information content (AvgIpc) is 2.96. The molecular formula is C20H20N2O4. The topological polar surface area (TPSA) is 81.4 Å². The molecule has 1 amide bonds. The number of rotatable bonds is 6. The Kier molecular flexibility index (Phi) is 5.31. The van der Waals surface area contributed by atoms with Crippen molar-refractivity contribution in [2.75, 3.05) is 11.9 Å². The Morgan fingerprint density at radius 2 is 1.88 bits per heavy atom. The fourth-order valence-electron chi connectivity index (χ4n) is 2.82. The van der Waals surface area contributed by atoms with Crippen LogP contribution in [0.3, 0.4) is 0 Å². The summed E-state index contributed by atoms with van der Waals surface area (Å²) in [6.07, 6.45) is 0.648. The van der Waals surface area contributed by atoms with Crippen LogP contribution in [0, 0.1) is 13.8 Å². The first-order valence-corrected chi connectivity index (χ1v) is 8.39. The van der Waals surface area contributed by atoms with Gasteiger partial charge in [0, 0.05) is 23.1 Å². The molecule has 0 aliphatic rings. The lowest BCUT2D eigenvalue weighted by Gasteiger charge is -2.09. The molecule has 0 bridgehead atoms. The molecule has 2 aromatic carbocycles. The number of benzene rings is 2. The Labute approximate surface area is 151 Å². The van der Waals surface area contributed by atoms with Crippen LogP contribution in [-0.2, 0) is 20.7 Å². The van der Waals surface area contributed by atoms with E-state index in [1.165, 1.54) is 0 Å². The van der Waals surface area contributed by atoms with Gasteiger partial charge in [-0.2, -0.15) is 0 Å². The third kappa shape index (κ3) is 4.08. The average molecular weight is 352 g/mol. The number of nitrogens with zero attached hydrogens (tertiary/aromatic N) is 1. The summed E-state index contributed by atoms with van der Waals surface area (Å²) in [5.41, 5.74) is 2.37. The van der Waals surface area contributed by atoms with Crippen molar-refractivity contribution in [1.29, 1.82) is 0 Å². The second-order valence-electron chi connectivity index (χ2n) is 6.04. The molecule has 26 heavy (non-hydrogen) atoms. The number of ether oxygens (including phenoxy) is 1. The zero-order chi connectivity index (χ0) is 18.5. The highest BCUT2D eigenvalue weighted by Gasteiger charge is 2.13. The van der Waals surface area contributed by atoms with E-state index in [4.69, 9.17) is 9.26 Å². The van der Waals surface area contributed by atoms with E-state index in [-0.39, 0.29) is 18.9 Å². The van der Waals surface area contributed by atoms with Crippen LogP contribution >= 0.6 is 0 Å². The molecule has 1 aromatic heterocycles. The highest BCUT2D eigenvalue weighted by atomic mass is 16.5. The van der Waals surface area contributed by atoms with Crippen molar-refractivity contribution in [2.45, 2.75) is 26.7 Å². The van der Waals surface area contributed by atoms with Gasteiger partial charge < -0.3 is 14.6 Å². The van der Waals surface area contributed by atoms with Crippen LogP contribution in [0.5, 0.6) is 0 Å². The number of aromatic nitrogens is 1. The number of hydrogen-bond acceptors (Lipinski definition) is 5. The molecule has 0 fully saturated rings. The van der Waals surface area contributed by atoms with Crippen molar-refractivity contribution < 1.29 is 18.8 Å². The molecule has 0 aliphatic carbocycles. The fraction of sp³-hybridized carbons (Fsp3) is 0.250. The number of carbonyl (C=O) groups excluding carboxylic acids is 2. The van der Waals surface area contributed by atoms with E-state index in [0.717, 1.165) is 22.0 Å². The minimum absolute atomic E-state index is 0.171. The highest BCUT2D eigenvalue weighted by Crippen LogP contribution is 2.22. The van der Waals surface area contributed by atoms with Crippen LogP contribution in [0.25, 0.3) is 10.8 Å². The third-order valence-electron chi connectivity index (χ3n) is 4.19. The highest BCUT2D eigenvalue weighted by molar-refractivity contribution is 6.02. The second-order valence-corrected chi connectivity index (χ2v) is 6.04. The van der Waals surface area contributed by atoms with Crippen molar-refractivity contribution in [2.24, 2.45) is 0 Å². The molecule has 1 N–H and O–H groups in total. The van der Waals surface area contributed by atoms with Crippen LogP contribution in [0.15, 0.2) is 47.0 Å². The summed E-state index contributed by atoms with van der Waals surface area (Å²) < 4.78 is 10.1. The quantitative estimate of drug-likeness (QED) is 0.686. The minimum Gasteiger partial charge on any atom is -0.456 e. The maximum Gasteiger partial charge on any atom is 0.306 e. The monoisotopic (exact) mass is 352 g/mol. The van der Waals surface area contributed by atoms with E-state index < -0.39 is 5.97 Å². The number of hydrogen-bond donors (Lipinski definition) is 1. The molecule has 0 atom stereocenters.